The van der Waals surface area contributed by atoms with Crippen LogP contribution in [0.25, 0.3) is 0 Å². The van der Waals surface area contributed by atoms with Gasteiger partial charge in [0, 0.05) is 18.3 Å². The first-order valence-corrected chi connectivity index (χ1v) is 8.86. The third-order valence-corrected chi connectivity index (χ3v) is 4.30. The van der Waals surface area contributed by atoms with Crippen LogP contribution < -0.4 is 10.1 Å². The Morgan fingerprint density at radius 1 is 1.27 bits per heavy atom. The molecule has 3 aromatic rings. The minimum absolute atomic E-state index is 0.107. The summed E-state index contributed by atoms with van der Waals surface area (Å²) in [6.45, 7) is 3.26. The van der Waals surface area contributed by atoms with E-state index in [1.807, 2.05) is 19.1 Å². The standard InChI is InChI=1S/C20H18N4O6/c1-12-5-3-4-6-18(12)30-17-8-15(7-16(9-17)24(28)29)22-19(25)14-10-21-23(11-14)13(2)20(26)27/h3-11,13H,1-2H3,(H,22,25)(H,26,27). The van der Waals surface area contributed by atoms with Gasteiger partial charge in [0.15, 0.2) is 0 Å². The molecule has 0 bridgehead atoms. The molecule has 3 rings (SSSR count). The van der Waals surface area contributed by atoms with Gasteiger partial charge in [-0.2, -0.15) is 5.10 Å². The number of aliphatic carboxylic acids is 1. The molecular formula is C20H18N4O6. The normalized spacial score (nSPS) is 11.5. The van der Waals surface area contributed by atoms with Crippen molar-refractivity contribution in [2.24, 2.45) is 0 Å². The van der Waals surface area contributed by atoms with Crippen molar-refractivity contribution < 1.29 is 24.4 Å². The third-order valence-electron chi connectivity index (χ3n) is 4.30. The topological polar surface area (TPSA) is 137 Å². The van der Waals surface area contributed by atoms with Crippen LogP contribution in [0.3, 0.4) is 0 Å². The number of nitrogens with one attached hydrogen (secondary N) is 1. The minimum atomic E-state index is -1.10. The second-order valence-corrected chi connectivity index (χ2v) is 6.52. The van der Waals surface area contributed by atoms with Crippen LogP contribution in [-0.2, 0) is 4.79 Å². The Labute approximate surface area is 170 Å². The highest BCUT2D eigenvalue weighted by atomic mass is 16.6. The molecule has 1 atom stereocenters. The monoisotopic (exact) mass is 410 g/mol. The zero-order valence-electron chi connectivity index (χ0n) is 16.1. The molecule has 10 heteroatoms. The Morgan fingerprint density at radius 2 is 2.00 bits per heavy atom. The van der Waals surface area contributed by atoms with E-state index in [-0.39, 0.29) is 22.7 Å². The first-order valence-electron chi connectivity index (χ1n) is 8.86. The maximum absolute atomic E-state index is 12.5. The molecule has 0 spiro atoms. The Morgan fingerprint density at radius 3 is 2.67 bits per heavy atom. The molecule has 154 valence electrons. The van der Waals surface area contributed by atoms with Gasteiger partial charge in [-0.15, -0.1) is 0 Å². The number of hydrogen-bond donors (Lipinski definition) is 2. The number of carboxylic acid groups (broad SMARTS) is 1. The smallest absolute Gasteiger partial charge is 0.328 e. The van der Waals surface area contributed by atoms with Crippen molar-refractivity contribution in [3.05, 3.63) is 76.1 Å². The number of ether oxygens (including phenoxy) is 1. The molecule has 1 unspecified atom stereocenters. The van der Waals surface area contributed by atoms with E-state index in [9.17, 15) is 19.7 Å². The Kier molecular flexibility index (Phi) is 5.77. The summed E-state index contributed by atoms with van der Waals surface area (Å²) in [5, 5.41) is 26.7. The summed E-state index contributed by atoms with van der Waals surface area (Å²) >= 11 is 0. The lowest BCUT2D eigenvalue weighted by Crippen LogP contribution is -2.16. The zero-order chi connectivity index (χ0) is 21.8. The Bertz CT molecular complexity index is 1120. The summed E-state index contributed by atoms with van der Waals surface area (Å²) in [5.41, 5.74) is 0.842. The van der Waals surface area contributed by atoms with Crippen molar-refractivity contribution in [3.8, 4) is 11.5 Å². The van der Waals surface area contributed by atoms with Gasteiger partial charge in [-0.3, -0.25) is 19.6 Å². The van der Waals surface area contributed by atoms with Gasteiger partial charge in [-0.05, 0) is 25.5 Å². The largest absolute Gasteiger partial charge is 0.480 e. The third kappa shape index (κ3) is 4.61. The molecule has 2 aromatic carbocycles. The zero-order valence-corrected chi connectivity index (χ0v) is 16.1. The molecule has 1 amide bonds. The average molecular weight is 410 g/mol. The second kappa shape index (κ2) is 8.43. The summed E-state index contributed by atoms with van der Waals surface area (Å²) in [7, 11) is 0. The molecular weight excluding hydrogens is 392 g/mol. The SMILES string of the molecule is Cc1ccccc1Oc1cc(NC(=O)c2cnn(C(C)C(=O)O)c2)cc([N+](=O)[O-])c1. The number of carbonyl (C=O) groups excluding carboxylic acids is 1. The summed E-state index contributed by atoms with van der Waals surface area (Å²) in [6, 6.07) is 10.2. The van der Waals surface area contributed by atoms with E-state index < -0.39 is 22.8 Å². The van der Waals surface area contributed by atoms with Gasteiger partial charge in [-0.1, -0.05) is 18.2 Å². The van der Waals surface area contributed by atoms with Gasteiger partial charge in [-0.25, -0.2) is 4.79 Å². The maximum atomic E-state index is 12.5. The molecule has 0 aliphatic carbocycles. The molecule has 10 nitrogen and oxygen atoms in total. The van der Waals surface area contributed by atoms with Crippen molar-refractivity contribution in [3.63, 3.8) is 0 Å². The Balaban J connectivity index is 1.85. The molecule has 0 saturated carbocycles. The average Bonchev–Trinajstić information content (AvgIpc) is 3.19. The number of amides is 1. The van der Waals surface area contributed by atoms with E-state index in [1.54, 1.807) is 12.1 Å². The van der Waals surface area contributed by atoms with E-state index in [1.165, 1.54) is 37.5 Å². The van der Waals surface area contributed by atoms with Gasteiger partial charge in [0.25, 0.3) is 11.6 Å². The van der Waals surface area contributed by atoms with E-state index in [4.69, 9.17) is 9.84 Å². The number of carbonyl (C=O) groups is 2. The lowest BCUT2D eigenvalue weighted by atomic mass is 10.2. The van der Waals surface area contributed by atoms with E-state index in [2.05, 4.69) is 10.4 Å². The molecule has 1 heterocycles. The number of nitro groups is 1. The summed E-state index contributed by atoms with van der Waals surface area (Å²) in [4.78, 5) is 34.2. The molecule has 0 aliphatic rings. The van der Waals surface area contributed by atoms with Crippen molar-refractivity contribution in [1.29, 1.82) is 0 Å². The van der Waals surface area contributed by atoms with Gasteiger partial charge in [0.1, 0.15) is 17.5 Å². The van der Waals surface area contributed by atoms with Gasteiger partial charge in [0.2, 0.25) is 0 Å². The maximum Gasteiger partial charge on any atom is 0.328 e. The van der Waals surface area contributed by atoms with Crippen LogP contribution in [0.5, 0.6) is 11.5 Å². The van der Waals surface area contributed by atoms with Crippen LogP contribution >= 0.6 is 0 Å². The Hall–Kier alpha value is -4.21. The molecule has 30 heavy (non-hydrogen) atoms. The molecule has 2 N–H and O–H groups in total. The lowest BCUT2D eigenvalue weighted by Gasteiger charge is -2.10. The van der Waals surface area contributed by atoms with Crippen molar-refractivity contribution in [2.45, 2.75) is 19.9 Å². The number of aromatic nitrogens is 2. The van der Waals surface area contributed by atoms with Crippen LogP contribution in [-0.4, -0.2) is 31.7 Å². The van der Waals surface area contributed by atoms with E-state index >= 15 is 0 Å². The number of anilines is 1. The fourth-order valence-corrected chi connectivity index (χ4v) is 2.60. The van der Waals surface area contributed by atoms with E-state index in [0.29, 0.717) is 5.75 Å². The number of non-ortho nitro benzene ring substituents is 1. The highest BCUT2D eigenvalue weighted by Gasteiger charge is 2.18. The van der Waals surface area contributed by atoms with Crippen LogP contribution in [0.15, 0.2) is 54.9 Å². The number of carboxylic acids is 1. The van der Waals surface area contributed by atoms with Crippen LogP contribution in [0, 0.1) is 17.0 Å². The molecule has 1 aromatic heterocycles. The van der Waals surface area contributed by atoms with Crippen LogP contribution in [0.1, 0.15) is 28.9 Å². The number of benzene rings is 2. The highest BCUT2D eigenvalue weighted by molar-refractivity contribution is 6.04. The van der Waals surface area contributed by atoms with Crippen molar-refractivity contribution in [1.82, 2.24) is 9.78 Å². The van der Waals surface area contributed by atoms with Crippen LogP contribution in [0.2, 0.25) is 0 Å². The number of rotatable bonds is 7. The quantitative estimate of drug-likeness (QED) is 0.446. The van der Waals surface area contributed by atoms with Gasteiger partial charge in [0.05, 0.1) is 28.4 Å². The van der Waals surface area contributed by atoms with Gasteiger partial charge < -0.3 is 15.2 Å². The first kappa shape index (κ1) is 20.5. The highest BCUT2D eigenvalue weighted by Crippen LogP contribution is 2.31. The second-order valence-electron chi connectivity index (χ2n) is 6.52. The van der Waals surface area contributed by atoms with Gasteiger partial charge >= 0.3 is 5.97 Å². The summed E-state index contributed by atoms with van der Waals surface area (Å²) in [5.74, 6) is -0.980. The predicted octanol–water partition coefficient (Wildman–Crippen LogP) is 3.79. The number of para-hydroxylation sites is 1. The molecule has 0 aliphatic heterocycles. The fourth-order valence-electron chi connectivity index (χ4n) is 2.60. The number of nitro benzene ring substituents is 1. The van der Waals surface area contributed by atoms with Crippen molar-refractivity contribution >= 4 is 23.3 Å². The number of aryl methyl sites for hydroxylation is 1. The first-order chi connectivity index (χ1) is 14.2. The molecule has 0 fully saturated rings. The lowest BCUT2D eigenvalue weighted by molar-refractivity contribution is -0.384. The number of nitrogens with zero attached hydrogens (tertiary/aromatic N) is 3. The van der Waals surface area contributed by atoms with Crippen molar-refractivity contribution in [2.75, 3.05) is 5.32 Å². The summed E-state index contributed by atoms with van der Waals surface area (Å²) < 4.78 is 6.89. The molecule has 0 saturated heterocycles. The summed E-state index contributed by atoms with van der Waals surface area (Å²) in [6.07, 6.45) is 2.51. The predicted molar refractivity (Wildman–Crippen MR) is 107 cm³/mol. The molecule has 0 radical (unpaired) electrons. The van der Waals surface area contributed by atoms with Crippen LogP contribution in [0.4, 0.5) is 11.4 Å². The minimum Gasteiger partial charge on any atom is -0.480 e. The number of hydrogen-bond acceptors (Lipinski definition) is 6. The van der Waals surface area contributed by atoms with E-state index in [0.717, 1.165) is 10.2 Å². The fraction of sp³-hybridized carbons (Fsp3) is 0.150.